The molecule has 1 aromatic carbocycles. The number of aromatic nitrogens is 2. The van der Waals surface area contributed by atoms with E-state index in [0.717, 1.165) is 5.69 Å². The van der Waals surface area contributed by atoms with Crippen LogP contribution in [0, 0.1) is 0 Å². The standard InChI is InChI=1S/C12H15N3/c1-9(2)10-4-3-5-11(8-10)15-7-6-12(13)14-15/h3-9H,1-2H3,(H2,13,14). The molecule has 1 aromatic heterocycles. The average Bonchev–Trinajstić information content (AvgIpc) is 2.65. The van der Waals surface area contributed by atoms with Crippen LogP contribution in [0.3, 0.4) is 0 Å². The van der Waals surface area contributed by atoms with Crippen molar-refractivity contribution in [3.63, 3.8) is 0 Å². The van der Waals surface area contributed by atoms with Gasteiger partial charge in [-0.1, -0.05) is 26.0 Å². The fourth-order valence-corrected chi connectivity index (χ4v) is 1.51. The predicted octanol–water partition coefficient (Wildman–Crippen LogP) is 2.58. The Kier molecular flexibility index (Phi) is 2.46. The van der Waals surface area contributed by atoms with E-state index in [-0.39, 0.29) is 0 Å². The Morgan fingerprint density at radius 1 is 1.27 bits per heavy atom. The number of nitrogens with two attached hydrogens (primary N) is 1. The zero-order valence-electron chi connectivity index (χ0n) is 9.01. The molecule has 1 heterocycles. The average molecular weight is 201 g/mol. The molecule has 0 aliphatic rings. The zero-order valence-corrected chi connectivity index (χ0v) is 9.01. The second-order valence-electron chi connectivity index (χ2n) is 3.93. The van der Waals surface area contributed by atoms with E-state index in [4.69, 9.17) is 5.73 Å². The third kappa shape index (κ3) is 2.01. The van der Waals surface area contributed by atoms with Gasteiger partial charge in [-0.25, -0.2) is 4.68 Å². The van der Waals surface area contributed by atoms with Crippen molar-refractivity contribution < 1.29 is 0 Å². The smallest absolute Gasteiger partial charge is 0.145 e. The Morgan fingerprint density at radius 2 is 2.07 bits per heavy atom. The topological polar surface area (TPSA) is 43.8 Å². The first-order chi connectivity index (χ1) is 7.16. The molecule has 2 N–H and O–H groups in total. The van der Waals surface area contributed by atoms with Crippen molar-refractivity contribution in [2.45, 2.75) is 19.8 Å². The molecule has 0 fully saturated rings. The molecule has 0 aliphatic carbocycles. The number of hydrogen-bond donors (Lipinski definition) is 1. The fraction of sp³-hybridized carbons (Fsp3) is 0.250. The molecule has 0 aliphatic heterocycles. The molecule has 15 heavy (non-hydrogen) atoms. The molecule has 0 saturated heterocycles. The summed E-state index contributed by atoms with van der Waals surface area (Å²) in [7, 11) is 0. The number of rotatable bonds is 2. The number of hydrogen-bond acceptors (Lipinski definition) is 2. The molecular weight excluding hydrogens is 186 g/mol. The van der Waals surface area contributed by atoms with Crippen LogP contribution < -0.4 is 5.73 Å². The Balaban J connectivity index is 2.41. The van der Waals surface area contributed by atoms with Crippen LogP contribution in [0.1, 0.15) is 25.3 Å². The van der Waals surface area contributed by atoms with Crippen molar-refractivity contribution in [1.29, 1.82) is 0 Å². The van der Waals surface area contributed by atoms with E-state index in [1.807, 2.05) is 18.3 Å². The summed E-state index contributed by atoms with van der Waals surface area (Å²) in [5.74, 6) is 1.07. The highest BCUT2D eigenvalue weighted by atomic mass is 15.3. The van der Waals surface area contributed by atoms with E-state index in [2.05, 4.69) is 31.1 Å². The van der Waals surface area contributed by atoms with Gasteiger partial charge in [0, 0.05) is 12.3 Å². The van der Waals surface area contributed by atoms with Gasteiger partial charge in [0.25, 0.3) is 0 Å². The molecule has 2 aromatic rings. The second-order valence-corrected chi connectivity index (χ2v) is 3.93. The van der Waals surface area contributed by atoms with E-state index in [0.29, 0.717) is 11.7 Å². The minimum absolute atomic E-state index is 0.526. The minimum atomic E-state index is 0.526. The van der Waals surface area contributed by atoms with Crippen molar-refractivity contribution in [3.8, 4) is 5.69 Å². The Hall–Kier alpha value is -1.77. The lowest BCUT2D eigenvalue weighted by Gasteiger charge is -2.07. The maximum atomic E-state index is 5.58. The van der Waals surface area contributed by atoms with Crippen molar-refractivity contribution in [2.75, 3.05) is 5.73 Å². The molecule has 0 amide bonds. The van der Waals surface area contributed by atoms with Crippen LogP contribution >= 0.6 is 0 Å². The number of benzene rings is 1. The summed E-state index contributed by atoms with van der Waals surface area (Å²) in [6.45, 7) is 4.35. The fourth-order valence-electron chi connectivity index (χ4n) is 1.51. The van der Waals surface area contributed by atoms with Gasteiger partial charge in [0.2, 0.25) is 0 Å². The lowest BCUT2D eigenvalue weighted by molar-refractivity contribution is 0.846. The van der Waals surface area contributed by atoms with Gasteiger partial charge >= 0.3 is 0 Å². The SMILES string of the molecule is CC(C)c1cccc(-n2ccc(N)n2)c1. The van der Waals surface area contributed by atoms with E-state index in [1.165, 1.54) is 5.56 Å². The van der Waals surface area contributed by atoms with Gasteiger partial charge in [-0.3, -0.25) is 0 Å². The first-order valence-electron chi connectivity index (χ1n) is 5.08. The van der Waals surface area contributed by atoms with Gasteiger partial charge in [0.1, 0.15) is 5.82 Å². The third-order valence-corrected chi connectivity index (χ3v) is 2.41. The van der Waals surface area contributed by atoms with Gasteiger partial charge in [-0.2, -0.15) is 5.10 Å². The van der Waals surface area contributed by atoms with E-state index < -0.39 is 0 Å². The van der Waals surface area contributed by atoms with E-state index >= 15 is 0 Å². The predicted molar refractivity (Wildman–Crippen MR) is 62.1 cm³/mol. The van der Waals surface area contributed by atoms with Crippen LogP contribution in [0.25, 0.3) is 5.69 Å². The molecule has 0 radical (unpaired) electrons. The summed E-state index contributed by atoms with van der Waals surface area (Å²) in [5, 5.41) is 4.18. The van der Waals surface area contributed by atoms with Crippen molar-refractivity contribution in [3.05, 3.63) is 42.1 Å². The first-order valence-corrected chi connectivity index (χ1v) is 5.08. The van der Waals surface area contributed by atoms with Crippen molar-refractivity contribution in [2.24, 2.45) is 0 Å². The second kappa shape index (κ2) is 3.77. The highest BCUT2D eigenvalue weighted by molar-refractivity contribution is 5.38. The quantitative estimate of drug-likeness (QED) is 0.811. The van der Waals surface area contributed by atoms with Gasteiger partial charge in [-0.05, 0) is 23.6 Å². The highest BCUT2D eigenvalue weighted by Crippen LogP contribution is 2.17. The molecular formula is C12H15N3. The van der Waals surface area contributed by atoms with Crippen LogP contribution in [-0.4, -0.2) is 9.78 Å². The number of nitrogen functional groups attached to an aromatic ring is 1. The van der Waals surface area contributed by atoms with Crippen LogP contribution in [0.15, 0.2) is 36.5 Å². The molecule has 0 unspecified atom stereocenters. The maximum Gasteiger partial charge on any atom is 0.145 e. The molecule has 3 nitrogen and oxygen atoms in total. The molecule has 0 saturated carbocycles. The third-order valence-electron chi connectivity index (χ3n) is 2.41. The molecule has 3 heteroatoms. The zero-order chi connectivity index (χ0) is 10.8. The van der Waals surface area contributed by atoms with Crippen molar-refractivity contribution >= 4 is 5.82 Å². The summed E-state index contributed by atoms with van der Waals surface area (Å²) in [6.07, 6.45) is 1.87. The normalized spacial score (nSPS) is 10.9. The molecule has 0 atom stereocenters. The summed E-state index contributed by atoms with van der Waals surface area (Å²) in [5.41, 5.74) is 7.94. The largest absolute Gasteiger partial charge is 0.382 e. The Labute approximate surface area is 89.5 Å². The summed E-state index contributed by atoms with van der Waals surface area (Å²) in [4.78, 5) is 0. The van der Waals surface area contributed by atoms with Crippen molar-refractivity contribution in [1.82, 2.24) is 9.78 Å². The van der Waals surface area contributed by atoms with Gasteiger partial charge in [0.05, 0.1) is 5.69 Å². The van der Waals surface area contributed by atoms with Gasteiger partial charge in [-0.15, -0.1) is 0 Å². The van der Waals surface area contributed by atoms with E-state index in [9.17, 15) is 0 Å². The molecule has 2 rings (SSSR count). The van der Waals surface area contributed by atoms with Crippen LogP contribution in [0.5, 0.6) is 0 Å². The minimum Gasteiger partial charge on any atom is -0.382 e. The molecule has 78 valence electrons. The van der Waals surface area contributed by atoms with Gasteiger partial charge < -0.3 is 5.73 Å². The Morgan fingerprint density at radius 3 is 2.67 bits per heavy atom. The number of anilines is 1. The lowest BCUT2D eigenvalue weighted by Crippen LogP contribution is -1.97. The van der Waals surface area contributed by atoms with Gasteiger partial charge in [0.15, 0.2) is 0 Å². The molecule has 0 spiro atoms. The lowest BCUT2D eigenvalue weighted by atomic mass is 10.0. The first kappa shape index (κ1) is 9.77. The maximum absolute atomic E-state index is 5.58. The van der Waals surface area contributed by atoms with Crippen LogP contribution in [0.4, 0.5) is 5.82 Å². The summed E-state index contributed by atoms with van der Waals surface area (Å²) >= 11 is 0. The highest BCUT2D eigenvalue weighted by Gasteiger charge is 2.02. The summed E-state index contributed by atoms with van der Waals surface area (Å²) < 4.78 is 1.79. The molecule has 0 bridgehead atoms. The van der Waals surface area contributed by atoms with Crippen LogP contribution in [0.2, 0.25) is 0 Å². The summed E-state index contributed by atoms with van der Waals surface area (Å²) in [6, 6.07) is 10.1. The number of nitrogens with zero attached hydrogens (tertiary/aromatic N) is 2. The Bertz CT molecular complexity index is 457. The van der Waals surface area contributed by atoms with Crippen LogP contribution in [-0.2, 0) is 0 Å². The monoisotopic (exact) mass is 201 g/mol. The van der Waals surface area contributed by atoms with E-state index in [1.54, 1.807) is 10.7 Å².